The second-order valence-corrected chi connectivity index (χ2v) is 8.66. The van der Waals surface area contributed by atoms with Gasteiger partial charge in [-0.2, -0.15) is 0 Å². The molecule has 0 saturated carbocycles. The lowest BCUT2D eigenvalue weighted by Crippen LogP contribution is -2.37. The first kappa shape index (κ1) is 21.2. The van der Waals surface area contributed by atoms with Crippen molar-refractivity contribution in [2.75, 3.05) is 29.9 Å². The standard InChI is InChI=1S/C25H27FN6O/c1-17-14-23(33)30-24(28-17)27-15-18-10-12-31(13-11-18)25-29-21-4-2-3-5-22(21)32(25)16-19-6-8-20(26)9-7-19/h2-9,14,18H,10-13,15-16H2,1H3,(H2,27,28,30,33). The predicted octanol–water partition coefficient (Wildman–Crippen LogP) is 3.94. The maximum atomic E-state index is 13.4. The summed E-state index contributed by atoms with van der Waals surface area (Å²) in [5, 5.41) is 3.28. The van der Waals surface area contributed by atoms with Crippen molar-refractivity contribution < 1.29 is 4.39 Å². The third-order valence-corrected chi connectivity index (χ3v) is 6.21. The van der Waals surface area contributed by atoms with E-state index in [0.29, 0.717) is 24.1 Å². The Balaban J connectivity index is 1.30. The van der Waals surface area contributed by atoms with Gasteiger partial charge in [0.2, 0.25) is 11.9 Å². The molecule has 0 unspecified atom stereocenters. The lowest BCUT2D eigenvalue weighted by Gasteiger charge is -2.33. The number of imidazole rings is 1. The molecule has 0 aliphatic carbocycles. The molecule has 0 spiro atoms. The molecule has 1 aliphatic rings. The quantitative estimate of drug-likeness (QED) is 0.469. The van der Waals surface area contributed by atoms with Gasteiger partial charge in [0.1, 0.15) is 5.82 Å². The van der Waals surface area contributed by atoms with Crippen LogP contribution >= 0.6 is 0 Å². The molecule has 1 aliphatic heterocycles. The topological polar surface area (TPSA) is 78.8 Å². The van der Waals surface area contributed by atoms with E-state index in [0.717, 1.165) is 55.0 Å². The van der Waals surface area contributed by atoms with Crippen molar-refractivity contribution >= 4 is 22.9 Å². The fourth-order valence-corrected chi connectivity index (χ4v) is 4.47. The Morgan fingerprint density at radius 3 is 2.61 bits per heavy atom. The van der Waals surface area contributed by atoms with Crippen molar-refractivity contribution in [3.05, 3.63) is 82.0 Å². The number of benzene rings is 2. The summed E-state index contributed by atoms with van der Waals surface area (Å²) in [7, 11) is 0. The number of para-hydroxylation sites is 2. The largest absolute Gasteiger partial charge is 0.355 e. The number of piperidine rings is 1. The van der Waals surface area contributed by atoms with Gasteiger partial charge < -0.3 is 14.8 Å². The number of aryl methyl sites for hydroxylation is 1. The van der Waals surface area contributed by atoms with Crippen LogP contribution in [0.3, 0.4) is 0 Å². The first-order chi connectivity index (χ1) is 16.0. The van der Waals surface area contributed by atoms with Gasteiger partial charge in [0, 0.05) is 31.4 Å². The Morgan fingerprint density at radius 2 is 1.85 bits per heavy atom. The summed E-state index contributed by atoms with van der Waals surface area (Å²) in [4.78, 5) is 26.0. The van der Waals surface area contributed by atoms with Crippen LogP contribution in [0.4, 0.5) is 16.3 Å². The molecule has 8 heteroatoms. The number of fused-ring (bicyclic) bond motifs is 1. The summed E-state index contributed by atoms with van der Waals surface area (Å²) in [6.07, 6.45) is 2.03. The summed E-state index contributed by atoms with van der Waals surface area (Å²) in [5.74, 6) is 1.75. The number of aromatic amines is 1. The van der Waals surface area contributed by atoms with E-state index in [1.807, 2.05) is 37.3 Å². The van der Waals surface area contributed by atoms with Crippen molar-refractivity contribution in [1.29, 1.82) is 0 Å². The Bertz CT molecular complexity index is 1300. The molecule has 2 aromatic carbocycles. The van der Waals surface area contributed by atoms with Crippen molar-refractivity contribution in [3.8, 4) is 0 Å². The van der Waals surface area contributed by atoms with Crippen molar-refractivity contribution in [3.63, 3.8) is 0 Å². The normalized spacial score (nSPS) is 14.7. The minimum Gasteiger partial charge on any atom is -0.355 e. The van der Waals surface area contributed by atoms with Crippen molar-refractivity contribution in [2.24, 2.45) is 5.92 Å². The van der Waals surface area contributed by atoms with Gasteiger partial charge in [-0.25, -0.2) is 14.4 Å². The molecule has 2 aromatic heterocycles. The molecule has 0 radical (unpaired) electrons. The zero-order chi connectivity index (χ0) is 22.8. The molecule has 0 atom stereocenters. The average Bonchev–Trinajstić information content (AvgIpc) is 3.17. The van der Waals surface area contributed by atoms with E-state index in [2.05, 4.69) is 30.8 Å². The molecule has 2 N–H and O–H groups in total. The third kappa shape index (κ3) is 4.74. The van der Waals surface area contributed by atoms with Gasteiger partial charge in [-0.3, -0.25) is 9.78 Å². The maximum Gasteiger partial charge on any atom is 0.252 e. The Kier molecular flexibility index (Phi) is 5.81. The second-order valence-electron chi connectivity index (χ2n) is 8.66. The maximum absolute atomic E-state index is 13.4. The molecule has 5 rings (SSSR count). The molecule has 0 bridgehead atoms. The predicted molar refractivity (Wildman–Crippen MR) is 128 cm³/mol. The van der Waals surface area contributed by atoms with Gasteiger partial charge in [-0.15, -0.1) is 0 Å². The minimum absolute atomic E-state index is 0.139. The van der Waals surface area contributed by atoms with Crippen LogP contribution in [0.15, 0.2) is 59.4 Å². The molecular weight excluding hydrogens is 419 g/mol. The number of nitrogens with zero attached hydrogens (tertiary/aromatic N) is 4. The van der Waals surface area contributed by atoms with E-state index < -0.39 is 0 Å². The summed E-state index contributed by atoms with van der Waals surface area (Å²) < 4.78 is 15.6. The molecule has 1 saturated heterocycles. The number of hydrogen-bond acceptors (Lipinski definition) is 5. The Hall–Kier alpha value is -3.68. The number of rotatable bonds is 6. The van der Waals surface area contributed by atoms with Gasteiger partial charge in [-0.1, -0.05) is 24.3 Å². The number of hydrogen-bond donors (Lipinski definition) is 2. The number of halogens is 1. The SMILES string of the molecule is Cc1cc(=O)[nH]c(NCC2CCN(c3nc4ccccc4n3Cc3ccc(F)cc3)CC2)n1. The highest BCUT2D eigenvalue weighted by Crippen LogP contribution is 2.28. The minimum atomic E-state index is -0.227. The summed E-state index contributed by atoms with van der Waals surface area (Å²) in [6.45, 7) is 5.03. The Morgan fingerprint density at radius 1 is 1.09 bits per heavy atom. The van der Waals surface area contributed by atoms with E-state index in [-0.39, 0.29) is 11.4 Å². The molecule has 7 nitrogen and oxygen atoms in total. The van der Waals surface area contributed by atoms with Gasteiger partial charge in [0.15, 0.2) is 0 Å². The molecule has 4 aromatic rings. The van der Waals surface area contributed by atoms with Crippen LogP contribution in [0, 0.1) is 18.7 Å². The van der Waals surface area contributed by atoms with Crippen LogP contribution < -0.4 is 15.8 Å². The van der Waals surface area contributed by atoms with Gasteiger partial charge in [0.25, 0.3) is 5.56 Å². The molecule has 1 fully saturated rings. The molecular formula is C25H27FN6O. The van der Waals surface area contributed by atoms with Crippen LogP contribution in [0.2, 0.25) is 0 Å². The number of anilines is 2. The number of nitrogens with one attached hydrogen (secondary N) is 2. The highest BCUT2D eigenvalue weighted by molar-refractivity contribution is 5.79. The zero-order valence-corrected chi connectivity index (χ0v) is 18.6. The van der Waals surface area contributed by atoms with E-state index in [1.54, 1.807) is 0 Å². The van der Waals surface area contributed by atoms with Crippen LogP contribution in [0.1, 0.15) is 24.1 Å². The summed E-state index contributed by atoms with van der Waals surface area (Å²) in [5.41, 5.74) is 3.65. The van der Waals surface area contributed by atoms with E-state index >= 15 is 0 Å². The first-order valence-corrected chi connectivity index (χ1v) is 11.3. The molecule has 33 heavy (non-hydrogen) atoms. The van der Waals surface area contributed by atoms with Gasteiger partial charge >= 0.3 is 0 Å². The fourth-order valence-electron chi connectivity index (χ4n) is 4.47. The first-order valence-electron chi connectivity index (χ1n) is 11.3. The summed E-state index contributed by atoms with van der Waals surface area (Å²) in [6, 6.07) is 16.3. The highest BCUT2D eigenvalue weighted by atomic mass is 19.1. The smallest absolute Gasteiger partial charge is 0.252 e. The van der Waals surface area contributed by atoms with Gasteiger partial charge in [-0.05, 0) is 55.5 Å². The average molecular weight is 447 g/mol. The van der Waals surface area contributed by atoms with Crippen molar-refractivity contribution in [2.45, 2.75) is 26.3 Å². The lowest BCUT2D eigenvalue weighted by molar-refractivity contribution is 0.417. The Labute approximate surface area is 191 Å². The van der Waals surface area contributed by atoms with Crippen LogP contribution in [0.25, 0.3) is 11.0 Å². The molecule has 0 amide bonds. The lowest BCUT2D eigenvalue weighted by atomic mass is 9.97. The molecule has 170 valence electrons. The third-order valence-electron chi connectivity index (χ3n) is 6.21. The second kappa shape index (κ2) is 9.05. The van der Waals surface area contributed by atoms with E-state index in [9.17, 15) is 9.18 Å². The van der Waals surface area contributed by atoms with Gasteiger partial charge in [0.05, 0.1) is 17.6 Å². The summed E-state index contributed by atoms with van der Waals surface area (Å²) >= 11 is 0. The highest BCUT2D eigenvalue weighted by Gasteiger charge is 2.24. The van der Waals surface area contributed by atoms with E-state index in [1.165, 1.54) is 18.2 Å². The number of H-pyrrole nitrogens is 1. The zero-order valence-electron chi connectivity index (χ0n) is 18.6. The fraction of sp³-hybridized carbons (Fsp3) is 0.320. The van der Waals surface area contributed by atoms with Crippen LogP contribution in [-0.2, 0) is 6.54 Å². The monoisotopic (exact) mass is 446 g/mol. The van der Waals surface area contributed by atoms with Crippen LogP contribution in [0.5, 0.6) is 0 Å². The number of aromatic nitrogens is 4. The van der Waals surface area contributed by atoms with Crippen molar-refractivity contribution in [1.82, 2.24) is 19.5 Å². The molecule has 3 heterocycles. The van der Waals surface area contributed by atoms with E-state index in [4.69, 9.17) is 4.98 Å². The van der Waals surface area contributed by atoms with Crippen LogP contribution in [-0.4, -0.2) is 39.2 Å².